The number of hydrogen-bond acceptors (Lipinski definition) is 4. The lowest BCUT2D eigenvalue weighted by Gasteiger charge is -2.10. The van der Waals surface area contributed by atoms with Crippen LogP contribution in [0.1, 0.15) is 12.0 Å². The monoisotopic (exact) mass is 317 g/mol. The van der Waals surface area contributed by atoms with Crippen molar-refractivity contribution in [2.24, 2.45) is 0 Å². The molecule has 1 amide bonds. The van der Waals surface area contributed by atoms with Crippen molar-refractivity contribution in [1.82, 2.24) is 10.0 Å². The molecule has 3 N–H and O–H groups in total. The van der Waals surface area contributed by atoms with Gasteiger partial charge in [-0.2, -0.15) is 0 Å². The number of carbonyl (C=O) groups excluding carboxylic acids is 1. The number of nitrogens with one attached hydrogen (secondary N) is 3. The first-order chi connectivity index (χ1) is 9.44. The maximum absolute atomic E-state index is 12.2. The second-order valence-electron chi connectivity index (χ2n) is 4.52. The van der Waals surface area contributed by atoms with Crippen molar-refractivity contribution in [2.75, 3.05) is 25.5 Å². The molecule has 1 aromatic carbocycles. The summed E-state index contributed by atoms with van der Waals surface area (Å²) >= 11 is 6.00. The number of amides is 1. The average Bonchev–Trinajstić information content (AvgIpc) is 2.73. The van der Waals surface area contributed by atoms with Crippen LogP contribution in [0.15, 0.2) is 17.0 Å². The highest BCUT2D eigenvalue weighted by Crippen LogP contribution is 2.32. The Labute approximate surface area is 122 Å². The predicted molar refractivity (Wildman–Crippen MR) is 77.5 cm³/mol. The van der Waals surface area contributed by atoms with E-state index in [4.69, 9.17) is 11.6 Å². The predicted octanol–water partition coefficient (Wildman–Crippen LogP) is 0.722. The van der Waals surface area contributed by atoms with Gasteiger partial charge in [-0.05, 0) is 37.7 Å². The van der Waals surface area contributed by atoms with Crippen LogP contribution in [-0.2, 0) is 21.2 Å². The highest BCUT2D eigenvalue weighted by Gasteiger charge is 2.24. The summed E-state index contributed by atoms with van der Waals surface area (Å²) in [5.74, 6) is -0.160. The first kappa shape index (κ1) is 15.2. The van der Waals surface area contributed by atoms with Gasteiger partial charge in [0.1, 0.15) is 4.90 Å². The van der Waals surface area contributed by atoms with Gasteiger partial charge in [0.15, 0.2) is 0 Å². The van der Waals surface area contributed by atoms with Gasteiger partial charge in [0, 0.05) is 12.2 Å². The standard InChI is InChI=1S/C12H16ClN3O3S/c1-14-3-2-4-15-20(18,19)11-5-8-6-12(17)16-10(8)7-9(11)13/h5,7,14-15H,2-4,6H2,1H3,(H,16,17). The number of hydrogen-bond donors (Lipinski definition) is 3. The lowest BCUT2D eigenvalue weighted by Crippen LogP contribution is -2.27. The van der Waals surface area contributed by atoms with E-state index in [2.05, 4.69) is 15.4 Å². The minimum atomic E-state index is -3.66. The van der Waals surface area contributed by atoms with Crippen molar-refractivity contribution < 1.29 is 13.2 Å². The molecule has 0 aromatic heterocycles. The number of benzene rings is 1. The molecular formula is C12H16ClN3O3S. The molecule has 0 saturated heterocycles. The maximum Gasteiger partial charge on any atom is 0.242 e. The molecule has 0 radical (unpaired) electrons. The minimum Gasteiger partial charge on any atom is -0.325 e. The molecule has 8 heteroatoms. The third-order valence-corrected chi connectivity index (χ3v) is 4.89. The van der Waals surface area contributed by atoms with E-state index >= 15 is 0 Å². The molecule has 110 valence electrons. The summed E-state index contributed by atoms with van der Waals surface area (Å²) in [5.41, 5.74) is 1.23. The summed E-state index contributed by atoms with van der Waals surface area (Å²) in [6.45, 7) is 1.05. The Morgan fingerprint density at radius 3 is 2.80 bits per heavy atom. The quantitative estimate of drug-likeness (QED) is 0.675. The molecule has 1 heterocycles. The molecular weight excluding hydrogens is 302 g/mol. The van der Waals surface area contributed by atoms with Crippen LogP contribution >= 0.6 is 11.6 Å². The van der Waals surface area contributed by atoms with Gasteiger partial charge >= 0.3 is 0 Å². The Hall–Kier alpha value is -1.15. The second kappa shape index (κ2) is 6.09. The molecule has 0 atom stereocenters. The lowest BCUT2D eigenvalue weighted by molar-refractivity contribution is -0.115. The number of carbonyl (C=O) groups is 1. The molecule has 1 aromatic rings. The van der Waals surface area contributed by atoms with E-state index in [-0.39, 0.29) is 22.2 Å². The van der Waals surface area contributed by atoms with E-state index in [1.54, 1.807) is 7.05 Å². The summed E-state index contributed by atoms with van der Waals surface area (Å²) in [6, 6.07) is 2.93. The van der Waals surface area contributed by atoms with Gasteiger partial charge in [0.25, 0.3) is 0 Å². The summed E-state index contributed by atoms with van der Waals surface area (Å²) in [7, 11) is -1.86. The van der Waals surface area contributed by atoms with Gasteiger partial charge in [-0.1, -0.05) is 11.6 Å². The summed E-state index contributed by atoms with van der Waals surface area (Å²) in [4.78, 5) is 11.3. The number of sulfonamides is 1. The van der Waals surface area contributed by atoms with Gasteiger partial charge in [-0.25, -0.2) is 13.1 Å². The third-order valence-electron chi connectivity index (χ3n) is 2.97. The molecule has 20 heavy (non-hydrogen) atoms. The molecule has 2 rings (SSSR count). The topological polar surface area (TPSA) is 87.3 Å². The zero-order chi connectivity index (χ0) is 14.8. The molecule has 0 saturated carbocycles. The van der Waals surface area contributed by atoms with Crippen molar-refractivity contribution in [1.29, 1.82) is 0 Å². The molecule has 0 bridgehead atoms. The molecule has 0 fully saturated rings. The summed E-state index contributed by atoms with van der Waals surface area (Å²) < 4.78 is 26.8. The average molecular weight is 318 g/mol. The fourth-order valence-electron chi connectivity index (χ4n) is 1.98. The first-order valence-electron chi connectivity index (χ1n) is 6.20. The van der Waals surface area contributed by atoms with E-state index in [1.807, 2.05) is 0 Å². The Morgan fingerprint density at radius 2 is 2.10 bits per heavy atom. The molecule has 0 aliphatic carbocycles. The Morgan fingerprint density at radius 1 is 1.35 bits per heavy atom. The van der Waals surface area contributed by atoms with E-state index in [0.717, 1.165) is 6.54 Å². The highest BCUT2D eigenvalue weighted by molar-refractivity contribution is 7.89. The molecule has 0 spiro atoms. The zero-order valence-electron chi connectivity index (χ0n) is 11.0. The number of halogens is 1. The van der Waals surface area contributed by atoms with Crippen LogP contribution in [0.2, 0.25) is 5.02 Å². The van der Waals surface area contributed by atoms with Crippen LogP contribution in [0.5, 0.6) is 0 Å². The van der Waals surface area contributed by atoms with Gasteiger partial charge in [0.05, 0.1) is 11.4 Å². The van der Waals surface area contributed by atoms with Crippen LogP contribution in [0.3, 0.4) is 0 Å². The summed E-state index contributed by atoms with van der Waals surface area (Å²) in [5, 5.41) is 5.67. The smallest absolute Gasteiger partial charge is 0.242 e. The van der Waals surface area contributed by atoms with Crippen LogP contribution in [0.25, 0.3) is 0 Å². The molecule has 6 nitrogen and oxygen atoms in total. The first-order valence-corrected chi connectivity index (χ1v) is 8.06. The van der Waals surface area contributed by atoms with Gasteiger partial charge in [0.2, 0.25) is 15.9 Å². The molecule has 0 unspecified atom stereocenters. The van der Waals surface area contributed by atoms with E-state index in [0.29, 0.717) is 24.2 Å². The van der Waals surface area contributed by atoms with Gasteiger partial charge in [-0.3, -0.25) is 4.79 Å². The SMILES string of the molecule is CNCCCNS(=O)(=O)c1cc2c(cc1Cl)NC(=O)C2. The summed E-state index contributed by atoms with van der Waals surface area (Å²) in [6.07, 6.45) is 0.854. The van der Waals surface area contributed by atoms with E-state index in [1.165, 1.54) is 12.1 Å². The van der Waals surface area contributed by atoms with Crippen LogP contribution in [0, 0.1) is 0 Å². The Balaban J connectivity index is 2.20. The van der Waals surface area contributed by atoms with Crippen molar-refractivity contribution >= 4 is 33.2 Å². The number of fused-ring (bicyclic) bond motifs is 1. The van der Waals surface area contributed by atoms with E-state index < -0.39 is 10.0 Å². The van der Waals surface area contributed by atoms with E-state index in [9.17, 15) is 13.2 Å². The number of anilines is 1. The second-order valence-corrected chi connectivity index (χ2v) is 6.66. The van der Waals surface area contributed by atoms with Crippen LogP contribution in [-0.4, -0.2) is 34.5 Å². The Bertz CT molecular complexity index is 631. The van der Waals surface area contributed by atoms with Gasteiger partial charge in [-0.15, -0.1) is 0 Å². The number of rotatable bonds is 6. The van der Waals surface area contributed by atoms with Crippen molar-refractivity contribution in [3.05, 3.63) is 22.7 Å². The lowest BCUT2D eigenvalue weighted by atomic mass is 10.2. The molecule has 1 aliphatic rings. The van der Waals surface area contributed by atoms with Crippen LogP contribution in [0.4, 0.5) is 5.69 Å². The fraction of sp³-hybridized carbons (Fsp3) is 0.417. The Kier molecular flexibility index (Phi) is 4.64. The maximum atomic E-state index is 12.2. The van der Waals surface area contributed by atoms with Crippen LogP contribution < -0.4 is 15.4 Å². The molecule has 1 aliphatic heterocycles. The highest BCUT2D eigenvalue weighted by atomic mass is 35.5. The van der Waals surface area contributed by atoms with Crippen molar-refractivity contribution in [2.45, 2.75) is 17.7 Å². The van der Waals surface area contributed by atoms with Crippen molar-refractivity contribution in [3.8, 4) is 0 Å². The largest absolute Gasteiger partial charge is 0.325 e. The minimum absolute atomic E-state index is 0.0128. The normalized spacial score (nSPS) is 14.2. The zero-order valence-corrected chi connectivity index (χ0v) is 12.6. The fourth-order valence-corrected chi connectivity index (χ4v) is 3.63. The third kappa shape index (κ3) is 3.29. The van der Waals surface area contributed by atoms with Gasteiger partial charge < -0.3 is 10.6 Å². The van der Waals surface area contributed by atoms with Crippen molar-refractivity contribution in [3.63, 3.8) is 0 Å².